The molecule has 1 heterocycles. The Morgan fingerprint density at radius 3 is 2.95 bits per heavy atom. The lowest BCUT2D eigenvalue weighted by Gasteiger charge is -2.13. The summed E-state index contributed by atoms with van der Waals surface area (Å²) in [7, 11) is 1.69. The molecule has 0 radical (unpaired) electrons. The Balaban J connectivity index is 1.99. The first-order chi connectivity index (χ1) is 10.2. The van der Waals surface area contributed by atoms with E-state index in [4.69, 9.17) is 21.1 Å². The van der Waals surface area contributed by atoms with Gasteiger partial charge in [-0.05, 0) is 28.1 Å². The Morgan fingerprint density at radius 1 is 1.38 bits per heavy atom. The number of para-hydroxylation sites is 1. The van der Waals surface area contributed by atoms with E-state index in [1.54, 1.807) is 18.4 Å². The van der Waals surface area contributed by atoms with E-state index >= 15 is 0 Å². The molecule has 0 unspecified atom stereocenters. The predicted molar refractivity (Wildman–Crippen MR) is 91.4 cm³/mol. The number of rotatable bonds is 8. The Bertz CT molecular complexity index is 577. The number of hydrogen-bond donors (Lipinski definition) is 1. The maximum absolute atomic E-state index is 6.26. The third kappa shape index (κ3) is 5.27. The van der Waals surface area contributed by atoms with Crippen molar-refractivity contribution in [2.75, 3.05) is 20.3 Å². The molecule has 0 fully saturated rings. The molecule has 114 valence electrons. The quantitative estimate of drug-likeness (QED) is 0.674. The fourth-order valence-electron chi connectivity index (χ4n) is 1.82. The summed E-state index contributed by atoms with van der Waals surface area (Å²) in [4.78, 5) is 1.15. The van der Waals surface area contributed by atoms with Gasteiger partial charge < -0.3 is 14.8 Å². The van der Waals surface area contributed by atoms with Crippen molar-refractivity contribution in [3.63, 3.8) is 0 Å². The molecule has 21 heavy (non-hydrogen) atoms. The van der Waals surface area contributed by atoms with Crippen LogP contribution in [0.1, 0.15) is 10.4 Å². The van der Waals surface area contributed by atoms with Crippen LogP contribution in [-0.4, -0.2) is 20.3 Å². The second kappa shape index (κ2) is 8.76. The highest BCUT2D eigenvalue weighted by atomic mass is 79.9. The molecule has 0 spiro atoms. The van der Waals surface area contributed by atoms with E-state index in [1.165, 1.54) is 0 Å². The van der Waals surface area contributed by atoms with Crippen LogP contribution in [0.25, 0.3) is 0 Å². The van der Waals surface area contributed by atoms with Gasteiger partial charge in [-0.15, -0.1) is 11.3 Å². The van der Waals surface area contributed by atoms with E-state index in [2.05, 4.69) is 27.3 Å². The molecule has 2 aromatic rings. The lowest BCUT2D eigenvalue weighted by Crippen LogP contribution is -2.19. The molecule has 0 amide bonds. The first kappa shape index (κ1) is 16.8. The van der Waals surface area contributed by atoms with Gasteiger partial charge in [-0.1, -0.05) is 23.7 Å². The molecule has 0 bridgehead atoms. The van der Waals surface area contributed by atoms with Crippen molar-refractivity contribution in [1.82, 2.24) is 5.32 Å². The average molecular weight is 391 g/mol. The fourth-order valence-corrected chi connectivity index (χ4v) is 3.44. The van der Waals surface area contributed by atoms with Crippen molar-refractivity contribution < 1.29 is 9.47 Å². The zero-order chi connectivity index (χ0) is 15.1. The SMILES string of the molecule is COCCNCc1cccc(Cl)c1OCc1cc(Br)cs1. The van der Waals surface area contributed by atoms with Gasteiger partial charge >= 0.3 is 0 Å². The minimum absolute atomic E-state index is 0.519. The summed E-state index contributed by atoms with van der Waals surface area (Å²) in [6.07, 6.45) is 0. The summed E-state index contributed by atoms with van der Waals surface area (Å²) < 4.78 is 12.0. The van der Waals surface area contributed by atoms with E-state index in [1.807, 2.05) is 23.6 Å². The normalized spacial score (nSPS) is 10.8. The Kier molecular flexibility index (Phi) is 6.99. The lowest BCUT2D eigenvalue weighted by molar-refractivity contribution is 0.199. The van der Waals surface area contributed by atoms with Gasteiger partial charge in [-0.2, -0.15) is 0 Å². The topological polar surface area (TPSA) is 30.5 Å². The lowest BCUT2D eigenvalue weighted by atomic mass is 10.2. The molecule has 0 atom stereocenters. The van der Waals surface area contributed by atoms with Gasteiger partial charge in [0.2, 0.25) is 0 Å². The van der Waals surface area contributed by atoms with Crippen molar-refractivity contribution in [3.05, 3.63) is 49.6 Å². The molecule has 6 heteroatoms. The van der Waals surface area contributed by atoms with E-state index in [-0.39, 0.29) is 0 Å². The van der Waals surface area contributed by atoms with Gasteiger partial charge in [0, 0.05) is 40.5 Å². The minimum atomic E-state index is 0.519. The standard InChI is InChI=1S/C15H17BrClNO2S/c1-19-6-5-18-8-11-3-2-4-14(17)15(11)20-9-13-7-12(16)10-21-13/h2-4,7,10,18H,5-6,8-9H2,1H3. The van der Waals surface area contributed by atoms with Crippen LogP contribution in [0.5, 0.6) is 5.75 Å². The number of benzene rings is 1. The van der Waals surface area contributed by atoms with Gasteiger partial charge in [0.1, 0.15) is 12.4 Å². The van der Waals surface area contributed by atoms with Crippen LogP contribution in [-0.2, 0) is 17.9 Å². The van der Waals surface area contributed by atoms with E-state index in [0.29, 0.717) is 24.8 Å². The van der Waals surface area contributed by atoms with Gasteiger partial charge in [-0.25, -0.2) is 0 Å². The second-order valence-corrected chi connectivity index (χ2v) is 6.74. The second-order valence-electron chi connectivity index (χ2n) is 4.42. The monoisotopic (exact) mass is 389 g/mol. The predicted octanol–water partition coefficient (Wildman–Crippen LogP) is 4.48. The van der Waals surface area contributed by atoms with Crippen LogP contribution in [0.2, 0.25) is 5.02 Å². The molecule has 0 saturated heterocycles. The van der Waals surface area contributed by atoms with Crippen LogP contribution in [0, 0.1) is 0 Å². The van der Waals surface area contributed by atoms with Crippen LogP contribution >= 0.6 is 38.9 Å². The van der Waals surface area contributed by atoms with E-state index in [0.717, 1.165) is 27.2 Å². The highest BCUT2D eigenvalue weighted by molar-refractivity contribution is 9.10. The number of thiophene rings is 1. The number of halogens is 2. The van der Waals surface area contributed by atoms with Crippen LogP contribution < -0.4 is 10.1 Å². The van der Waals surface area contributed by atoms with Crippen molar-refractivity contribution in [2.45, 2.75) is 13.2 Å². The third-order valence-corrected chi connectivity index (χ3v) is 4.80. The summed E-state index contributed by atoms with van der Waals surface area (Å²) in [6.45, 7) is 2.69. The average Bonchev–Trinajstić information content (AvgIpc) is 2.88. The minimum Gasteiger partial charge on any atom is -0.486 e. The molecule has 1 N–H and O–H groups in total. The van der Waals surface area contributed by atoms with Crippen LogP contribution in [0.4, 0.5) is 0 Å². The molecular formula is C15H17BrClNO2S. The number of ether oxygens (including phenoxy) is 2. The molecule has 1 aromatic heterocycles. The molecule has 3 nitrogen and oxygen atoms in total. The third-order valence-electron chi connectivity index (χ3n) is 2.83. The van der Waals surface area contributed by atoms with Crippen molar-refractivity contribution in [2.24, 2.45) is 0 Å². The smallest absolute Gasteiger partial charge is 0.142 e. The summed E-state index contributed by atoms with van der Waals surface area (Å²) >= 11 is 11.4. The molecule has 2 rings (SSSR count). The molecule has 0 aliphatic heterocycles. The summed E-state index contributed by atoms with van der Waals surface area (Å²) in [5, 5.41) is 5.98. The maximum Gasteiger partial charge on any atom is 0.142 e. The van der Waals surface area contributed by atoms with Crippen molar-refractivity contribution in [1.29, 1.82) is 0 Å². The van der Waals surface area contributed by atoms with Gasteiger partial charge in [0.05, 0.1) is 11.6 Å². The van der Waals surface area contributed by atoms with Crippen molar-refractivity contribution >= 4 is 38.9 Å². The highest BCUT2D eigenvalue weighted by Crippen LogP contribution is 2.30. The highest BCUT2D eigenvalue weighted by Gasteiger charge is 2.09. The van der Waals surface area contributed by atoms with E-state index < -0.39 is 0 Å². The fraction of sp³-hybridized carbons (Fsp3) is 0.333. The summed E-state index contributed by atoms with van der Waals surface area (Å²) in [5.41, 5.74) is 1.05. The number of hydrogen-bond acceptors (Lipinski definition) is 4. The van der Waals surface area contributed by atoms with E-state index in [9.17, 15) is 0 Å². The molecule has 0 saturated carbocycles. The number of nitrogens with one attached hydrogen (secondary N) is 1. The molecular weight excluding hydrogens is 374 g/mol. The summed E-state index contributed by atoms with van der Waals surface area (Å²) in [6, 6.07) is 7.85. The van der Waals surface area contributed by atoms with Gasteiger partial charge in [-0.3, -0.25) is 0 Å². The first-order valence-corrected chi connectivity index (χ1v) is 8.58. The zero-order valence-corrected chi connectivity index (χ0v) is 14.9. The Labute approximate surface area is 142 Å². The van der Waals surface area contributed by atoms with Gasteiger partial charge in [0.25, 0.3) is 0 Å². The van der Waals surface area contributed by atoms with Crippen molar-refractivity contribution in [3.8, 4) is 5.75 Å². The molecule has 0 aliphatic carbocycles. The first-order valence-electron chi connectivity index (χ1n) is 6.53. The van der Waals surface area contributed by atoms with Crippen LogP contribution in [0.15, 0.2) is 34.1 Å². The zero-order valence-electron chi connectivity index (χ0n) is 11.7. The Morgan fingerprint density at radius 2 is 2.24 bits per heavy atom. The summed E-state index contributed by atoms with van der Waals surface area (Å²) in [5.74, 6) is 0.744. The largest absolute Gasteiger partial charge is 0.486 e. The number of methoxy groups -OCH3 is 1. The Hall–Kier alpha value is -0.590. The van der Waals surface area contributed by atoms with Gasteiger partial charge in [0.15, 0.2) is 0 Å². The van der Waals surface area contributed by atoms with Crippen LogP contribution in [0.3, 0.4) is 0 Å². The molecule has 0 aliphatic rings. The molecule has 1 aromatic carbocycles. The maximum atomic E-state index is 6.26.